The molecule has 124 valence electrons. The second-order valence-electron chi connectivity index (χ2n) is 5.81. The summed E-state index contributed by atoms with van der Waals surface area (Å²) < 4.78 is 6.78. The summed E-state index contributed by atoms with van der Waals surface area (Å²) in [5.41, 5.74) is 7.29. The van der Waals surface area contributed by atoms with Gasteiger partial charge in [-0.1, -0.05) is 32.0 Å². The first-order valence-corrected chi connectivity index (χ1v) is 7.56. The fourth-order valence-electron chi connectivity index (χ4n) is 2.44. The van der Waals surface area contributed by atoms with Crippen LogP contribution in [0.4, 0.5) is 4.79 Å². The van der Waals surface area contributed by atoms with Crippen LogP contribution in [0.25, 0.3) is 10.9 Å². The van der Waals surface area contributed by atoms with Crippen LogP contribution in [0.1, 0.15) is 25.6 Å². The molecular formula is C17H18N4O3. The van der Waals surface area contributed by atoms with E-state index in [1.54, 1.807) is 24.3 Å². The van der Waals surface area contributed by atoms with Crippen molar-refractivity contribution < 1.29 is 14.6 Å². The van der Waals surface area contributed by atoms with Gasteiger partial charge in [0.1, 0.15) is 6.33 Å². The van der Waals surface area contributed by atoms with Gasteiger partial charge in [-0.2, -0.15) is 0 Å². The molecule has 0 amide bonds. The summed E-state index contributed by atoms with van der Waals surface area (Å²) in [6.45, 7) is 3.99. The van der Waals surface area contributed by atoms with E-state index in [0.717, 1.165) is 9.95 Å². The second kappa shape index (κ2) is 6.29. The minimum atomic E-state index is -1.13. The normalized spacial score (nSPS) is 12.5. The molecule has 0 aliphatic rings. The van der Waals surface area contributed by atoms with Crippen molar-refractivity contribution in [3.8, 4) is 11.8 Å². The van der Waals surface area contributed by atoms with Crippen molar-refractivity contribution in [2.75, 3.05) is 0 Å². The Labute approximate surface area is 138 Å². The zero-order valence-corrected chi connectivity index (χ0v) is 13.4. The van der Waals surface area contributed by atoms with E-state index in [1.807, 2.05) is 26.0 Å². The first kappa shape index (κ1) is 15.9. The maximum Gasteiger partial charge on any atom is 0.418 e. The molecule has 2 aromatic heterocycles. The lowest BCUT2D eigenvalue weighted by Gasteiger charge is -2.15. The predicted molar refractivity (Wildman–Crippen MR) is 89.2 cm³/mol. The van der Waals surface area contributed by atoms with Crippen LogP contribution in [0.5, 0.6) is 11.8 Å². The molecule has 0 radical (unpaired) electrons. The van der Waals surface area contributed by atoms with Gasteiger partial charge < -0.3 is 15.6 Å². The van der Waals surface area contributed by atoms with Crippen LogP contribution >= 0.6 is 0 Å². The van der Waals surface area contributed by atoms with Gasteiger partial charge in [-0.25, -0.2) is 19.3 Å². The third-order valence-electron chi connectivity index (χ3n) is 3.80. The van der Waals surface area contributed by atoms with Crippen LogP contribution in [0.3, 0.4) is 0 Å². The van der Waals surface area contributed by atoms with Gasteiger partial charge in [-0.3, -0.25) is 0 Å². The highest BCUT2D eigenvalue weighted by atomic mass is 16.5. The van der Waals surface area contributed by atoms with Crippen LogP contribution in [-0.2, 0) is 0 Å². The number of benzene rings is 1. The monoisotopic (exact) mass is 326 g/mol. The van der Waals surface area contributed by atoms with Crippen molar-refractivity contribution in [3.63, 3.8) is 0 Å². The van der Waals surface area contributed by atoms with Crippen LogP contribution < -0.4 is 10.5 Å². The first-order valence-electron chi connectivity index (χ1n) is 7.56. The van der Waals surface area contributed by atoms with E-state index in [-0.39, 0.29) is 23.7 Å². The molecule has 7 heteroatoms. The summed E-state index contributed by atoms with van der Waals surface area (Å²) in [6, 6.07) is 10.2. The first-order chi connectivity index (χ1) is 11.5. The van der Waals surface area contributed by atoms with Crippen LogP contribution in [0, 0.1) is 5.92 Å². The number of carboxylic acid groups (broad SMARTS) is 1. The Morgan fingerprint density at radius 1 is 1.25 bits per heavy atom. The highest BCUT2D eigenvalue weighted by molar-refractivity contribution is 5.91. The number of carbonyl (C=O) groups is 1. The van der Waals surface area contributed by atoms with Crippen molar-refractivity contribution in [2.45, 2.75) is 19.9 Å². The van der Waals surface area contributed by atoms with E-state index in [0.29, 0.717) is 11.2 Å². The Balaban J connectivity index is 2.00. The molecule has 0 unspecified atom stereocenters. The molecule has 0 aliphatic carbocycles. The molecule has 0 fully saturated rings. The standard InChI is InChI=1S/C17H18N4O3/c1-10(2)16(18)12-8-14(20-9-19-12)24-15-7-11-5-3-4-6-13(11)21(15)17(22)23/h3-10,16H,18H2,1-2H3,(H,22,23)/t16-/m0/s1. The van der Waals surface area contributed by atoms with E-state index in [1.165, 1.54) is 6.33 Å². The van der Waals surface area contributed by atoms with Gasteiger partial charge in [-0.05, 0) is 12.0 Å². The lowest BCUT2D eigenvalue weighted by molar-refractivity contribution is 0.195. The summed E-state index contributed by atoms with van der Waals surface area (Å²) in [5.74, 6) is 0.631. The van der Waals surface area contributed by atoms with E-state index in [9.17, 15) is 9.90 Å². The third-order valence-corrected chi connectivity index (χ3v) is 3.80. The summed E-state index contributed by atoms with van der Waals surface area (Å²) >= 11 is 0. The third kappa shape index (κ3) is 2.93. The molecule has 0 saturated heterocycles. The number of hydrogen-bond donors (Lipinski definition) is 2. The molecule has 7 nitrogen and oxygen atoms in total. The molecule has 0 bridgehead atoms. The Bertz CT molecular complexity index is 888. The Morgan fingerprint density at radius 2 is 2.00 bits per heavy atom. The summed E-state index contributed by atoms with van der Waals surface area (Å²) in [4.78, 5) is 19.8. The van der Waals surface area contributed by atoms with Gasteiger partial charge in [0.15, 0.2) is 0 Å². The average Bonchev–Trinajstić information content (AvgIpc) is 2.92. The summed E-state index contributed by atoms with van der Waals surface area (Å²) in [5, 5.41) is 10.2. The van der Waals surface area contributed by atoms with E-state index >= 15 is 0 Å². The zero-order valence-electron chi connectivity index (χ0n) is 13.4. The lowest BCUT2D eigenvalue weighted by Crippen LogP contribution is -2.18. The van der Waals surface area contributed by atoms with E-state index in [4.69, 9.17) is 10.5 Å². The topological polar surface area (TPSA) is 103 Å². The zero-order chi connectivity index (χ0) is 17.3. The van der Waals surface area contributed by atoms with Crippen molar-refractivity contribution in [1.82, 2.24) is 14.5 Å². The van der Waals surface area contributed by atoms with Gasteiger partial charge in [0.2, 0.25) is 11.8 Å². The van der Waals surface area contributed by atoms with Crippen LogP contribution in [0.2, 0.25) is 0 Å². The molecule has 3 aromatic rings. The smallest absolute Gasteiger partial charge is 0.418 e. The average molecular weight is 326 g/mol. The number of nitrogens with zero attached hydrogens (tertiary/aromatic N) is 3. The molecule has 1 aromatic carbocycles. The largest absolute Gasteiger partial charge is 0.464 e. The van der Waals surface area contributed by atoms with E-state index in [2.05, 4.69) is 9.97 Å². The number of fused-ring (bicyclic) bond motifs is 1. The molecule has 0 saturated carbocycles. The number of ether oxygens (including phenoxy) is 1. The second-order valence-corrected chi connectivity index (χ2v) is 5.81. The molecule has 24 heavy (non-hydrogen) atoms. The summed E-state index contributed by atoms with van der Waals surface area (Å²) in [7, 11) is 0. The van der Waals surface area contributed by atoms with Crippen molar-refractivity contribution in [1.29, 1.82) is 0 Å². The highest BCUT2D eigenvalue weighted by Crippen LogP contribution is 2.29. The minimum absolute atomic E-state index is 0.173. The number of rotatable bonds is 4. The summed E-state index contributed by atoms with van der Waals surface area (Å²) in [6.07, 6.45) is 0.236. The van der Waals surface area contributed by atoms with Gasteiger partial charge in [-0.15, -0.1) is 0 Å². The maximum absolute atomic E-state index is 11.6. The Hall–Kier alpha value is -2.93. The minimum Gasteiger partial charge on any atom is -0.464 e. The molecule has 1 atom stereocenters. The highest BCUT2D eigenvalue weighted by Gasteiger charge is 2.18. The fraction of sp³-hybridized carbons (Fsp3) is 0.235. The SMILES string of the molecule is CC(C)[C@H](N)c1cc(Oc2cc3ccccc3n2C(=O)O)ncn1. The molecule has 3 N–H and O–H groups in total. The number of hydrogen-bond acceptors (Lipinski definition) is 5. The van der Waals surface area contributed by atoms with Crippen LogP contribution in [0.15, 0.2) is 42.7 Å². The van der Waals surface area contributed by atoms with Crippen molar-refractivity contribution in [2.24, 2.45) is 11.7 Å². The maximum atomic E-state index is 11.6. The molecule has 2 heterocycles. The number of para-hydroxylation sites is 1. The van der Waals surface area contributed by atoms with Crippen molar-refractivity contribution in [3.05, 3.63) is 48.4 Å². The number of aromatic nitrogens is 3. The van der Waals surface area contributed by atoms with Gasteiger partial charge >= 0.3 is 6.09 Å². The Kier molecular flexibility index (Phi) is 4.18. The quantitative estimate of drug-likeness (QED) is 0.761. The Morgan fingerprint density at radius 3 is 2.71 bits per heavy atom. The van der Waals surface area contributed by atoms with Gasteiger partial charge in [0.05, 0.1) is 11.2 Å². The molecule has 3 rings (SSSR count). The molecular weight excluding hydrogens is 308 g/mol. The number of nitrogens with two attached hydrogens (primary N) is 1. The predicted octanol–water partition coefficient (Wildman–Crippen LogP) is 3.41. The molecule has 0 spiro atoms. The fourth-order valence-corrected chi connectivity index (χ4v) is 2.44. The molecule has 0 aliphatic heterocycles. The van der Waals surface area contributed by atoms with Gasteiger partial charge in [0.25, 0.3) is 0 Å². The lowest BCUT2D eigenvalue weighted by atomic mass is 10.0. The van der Waals surface area contributed by atoms with Gasteiger partial charge in [0, 0.05) is 23.6 Å². The van der Waals surface area contributed by atoms with E-state index < -0.39 is 6.09 Å². The van der Waals surface area contributed by atoms with Crippen molar-refractivity contribution >= 4 is 17.0 Å². The van der Waals surface area contributed by atoms with Crippen LogP contribution in [-0.4, -0.2) is 25.7 Å².